The molecule has 2 aromatic carbocycles. The fourth-order valence-corrected chi connectivity index (χ4v) is 3.79. The van der Waals surface area contributed by atoms with E-state index in [0.717, 1.165) is 16.5 Å². The molecule has 0 bridgehead atoms. The van der Waals surface area contributed by atoms with Crippen LogP contribution in [0.5, 0.6) is 0 Å². The molecule has 0 saturated carbocycles. The summed E-state index contributed by atoms with van der Waals surface area (Å²) >= 11 is 6.35. The Labute approximate surface area is 188 Å². The van der Waals surface area contributed by atoms with Crippen LogP contribution in [0.3, 0.4) is 0 Å². The van der Waals surface area contributed by atoms with Gasteiger partial charge in [-0.1, -0.05) is 48.0 Å². The highest BCUT2D eigenvalue weighted by Crippen LogP contribution is 2.34. The van der Waals surface area contributed by atoms with Crippen molar-refractivity contribution >= 4 is 40.8 Å². The minimum Gasteiger partial charge on any atom is -0.323 e. The first-order valence-electron chi connectivity index (χ1n) is 9.71. The molecule has 1 fully saturated rings. The van der Waals surface area contributed by atoms with Crippen LogP contribution in [0.2, 0.25) is 5.02 Å². The van der Waals surface area contributed by atoms with Crippen molar-refractivity contribution in [2.45, 2.75) is 18.9 Å². The van der Waals surface area contributed by atoms with Gasteiger partial charge in [0.15, 0.2) is 0 Å². The standard InChI is InChI=1S/C23H18ClFN4O3/c1-23(13-14-6-3-2-4-7-14)21(31)29(22(32)28-23)18-11-10-15(12-16(18)24)26-20(30)17-8-5-9-19(25)27-17/h2-12H,13H2,1H3,(H,26,30)(H,28,32). The number of aromatic nitrogens is 1. The Morgan fingerprint density at radius 2 is 1.88 bits per heavy atom. The van der Waals surface area contributed by atoms with Gasteiger partial charge in [0.1, 0.15) is 11.2 Å². The number of anilines is 2. The highest BCUT2D eigenvalue weighted by molar-refractivity contribution is 6.36. The summed E-state index contributed by atoms with van der Waals surface area (Å²) in [6.07, 6.45) is 0.321. The first kappa shape index (κ1) is 21.5. The lowest BCUT2D eigenvalue weighted by Gasteiger charge is -2.22. The molecule has 1 aromatic heterocycles. The molecule has 162 valence electrons. The summed E-state index contributed by atoms with van der Waals surface area (Å²) in [5.74, 6) is -1.84. The van der Waals surface area contributed by atoms with E-state index < -0.39 is 29.3 Å². The summed E-state index contributed by atoms with van der Waals surface area (Å²) in [6, 6.07) is 17.0. The van der Waals surface area contributed by atoms with Gasteiger partial charge in [0.2, 0.25) is 5.95 Å². The monoisotopic (exact) mass is 452 g/mol. The van der Waals surface area contributed by atoms with Crippen molar-refractivity contribution in [2.75, 3.05) is 10.2 Å². The highest BCUT2D eigenvalue weighted by Gasteiger charge is 2.48. The van der Waals surface area contributed by atoms with Crippen LogP contribution in [0.25, 0.3) is 0 Å². The fraction of sp³-hybridized carbons (Fsp3) is 0.130. The maximum Gasteiger partial charge on any atom is 0.329 e. The normalized spacial score (nSPS) is 17.9. The van der Waals surface area contributed by atoms with E-state index in [9.17, 15) is 18.8 Å². The van der Waals surface area contributed by atoms with Crippen molar-refractivity contribution in [1.82, 2.24) is 10.3 Å². The van der Waals surface area contributed by atoms with Crippen molar-refractivity contribution in [3.8, 4) is 0 Å². The molecule has 9 heteroatoms. The van der Waals surface area contributed by atoms with Gasteiger partial charge in [-0.3, -0.25) is 9.59 Å². The molecule has 1 aliphatic rings. The van der Waals surface area contributed by atoms with Crippen LogP contribution in [-0.4, -0.2) is 28.4 Å². The zero-order chi connectivity index (χ0) is 22.9. The maximum absolute atomic E-state index is 13.2. The van der Waals surface area contributed by atoms with Gasteiger partial charge in [-0.05, 0) is 42.8 Å². The quantitative estimate of drug-likeness (QED) is 0.448. The summed E-state index contributed by atoms with van der Waals surface area (Å²) < 4.78 is 13.2. The second-order valence-corrected chi connectivity index (χ2v) is 7.94. The van der Waals surface area contributed by atoms with Crippen molar-refractivity contribution in [1.29, 1.82) is 0 Å². The van der Waals surface area contributed by atoms with Crippen molar-refractivity contribution < 1.29 is 18.8 Å². The number of imide groups is 1. The number of benzene rings is 2. The molecule has 2 heterocycles. The zero-order valence-electron chi connectivity index (χ0n) is 16.9. The number of amides is 4. The molecule has 2 N–H and O–H groups in total. The first-order valence-corrected chi connectivity index (χ1v) is 10.1. The third-order valence-electron chi connectivity index (χ3n) is 5.06. The molecule has 0 radical (unpaired) electrons. The predicted octanol–water partition coefficient (Wildman–Crippen LogP) is 4.18. The molecule has 0 aliphatic carbocycles. The third-order valence-corrected chi connectivity index (χ3v) is 5.36. The average Bonchev–Trinajstić information content (AvgIpc) is 2.97. The molecule has 1 atom stereocenters. The Kier molecular flexibility index (Phi) is 5.63. The van der Waals surface area contributed by atoms with Gasteiger partial charge in [0.25, 0.3) is 11.8 Å². The fourth-order valence-electron chi connectivity index (χ4n) is 3.52. The van der Waals surface area contributed by atoms with Gasteiger partial charge in [0, 0.05) is 12.1 Å². The van der Waals surface area contributed by atoms with Gasteiger partial charge in [-0.2, -0.15) is 4.39 Å². The molecule has 3 aromatic rings. The number of halogens is 2. The number of hydrogen-bond donors (Lipinski definition) is 2. The molecule has 4 amide bonds. The van der Waals surface area contributed by atoms with E-state index in [2.05, 4.69) is 15.6 Å². The molecular weight excluding hydrogens is 435 g/mol. The van der Waals surface area contributed by atoms with Crippen LogP contribution in [0.15, 0.2) is 66.7 Å². The summed E-state index contributed by atoms with van der Waals surface area (Å²) in [5.41, 5.74) is 0.163. The lowest BCUT2D eigenvalue weighted by Crippen LogP contribution is -2.46. The van der Waals surface area contributed by atoms with E-state index in [1.807, 2.05) is 30.3 Å². The molecule has 1 unspecified atom stereocenters. The summed E-state index contributed by atoms with van der Waals surface area (Å²) in [5, 5.41) is 5.39. The Morgan fingerprint density at radius 3 is 2.56 bits per heavy atom. The molecule has 4 rings (SSSR count). The number of nitrogens with zero attached hydrogens (tertiary/aromatic N) is 2. The van der Waals surface area contributed by atoms with E-state index >= 15 is 0 Å². The largest absolute Gasteiger partial charge is 0.329 e. The summed E-state index contributed by atoms with van der Waals surface area (Å²) in [6.45, 7) is 1.66. The first-order chi connectivity index (χ1) is 15.3. The SMILES string of the molecule is CC1(Cc2ccccc2)NC(=O)N(c2ccc(NC(=O)c3cccc(F)n3)cc2Cl)C1=O. The van der Waals surface area contributed by atoms with E-state index in [0.29, 0.717) is 12.1 Å². The number of urea groups is 1. The Morgan fingerprint density at radius 1 is 1.12 bits per heavy atom. The van der Waals surface area contributed by atoms with E-state index in [4.69, 9.17) is 11.6 Å². The van der Waals surface area contributed by atoms with E-state index in [-0.39, 0.29) is 16.4 Å². The number of rotatable bonds is 5. The zero-order valence-corrected chi connectivity index (χ0v) is 17.7. The second-order valence-electron chi connectivity index (χ2n) is 7.53. The third kappa shape index (κ3) is 4.17. The van der Waals surface area contributed by atoms with Crippen LogP contribution in [0.1, 0.15) is 23.0 Å². The maximum atomic E-state index is 13.2. The van der Waals surface area contributed by atoms with Gasteiger partial charge < -0.3 is 10.6 Å². The van der Waals surface area contributed by atoms with Crippen LogP contribution >= 0.6 is 11.6 Å². The van der Waals surface area contributed by atoms with Crippen molar-refractivity contribution in [3.05, 3.63) is 89.0 Å². The van der Waals surface area contributed by atoms with E-state index in [1.165, 1.54) is 30.3 Å². The summed E-state index contributed by atoms with van der Waals surface area (Å²) in [4.78, 5) is 42.6. The lowest BCUT2D eigenvalue weighted by atomic mass is 9.93. The number of pyridine rings is 1. The van der Waals surface area contributed by atoms with Crippen LogP contribution in [0, 0.1) is 5.95 Å². The predicted molar refractivity (Wildman–Crippen MR) is 118 cm³/mol. The molecular formula is C23H18ClFN4O3. The van der Waals surface area contributed by atoms with E-state index in [1.54, 1.807) is 6.92 Å². The number of hydrogen-bond acceptors (Lipinski definition) is 4. The number of carbonyl (C=O) groups excluding carboxylic acids is 3. The Hall–Kier alpha value is -3.78. The van der Waals surface area contributed by atoms with Gasteiger partial charge in [0.05, 0.1) is 10.7 Å². The number of nitrogens with one attached hydrogen (secondary N) is 2. The van der Waals surface area contributed by atoms with Crippen LogP contribution in [-0.2, 0) is 11.2 Å². The van der Waals surface area contributed by atoms with Gasteiger partial charge >= 0.3 is 6.03 Å². The Balaban J connectivity index is 1.54. The summed E-state index contributed by atoms with van der Waals surface area (Å²) in [7, 11) is 0. The number of carbonyl (C=O) groups is 3. The van der Waals surface area contributed by atoms with Gasteiger partial charge in [-0.25, -0.2) is 14.7 Å². The Bertz CT molecular complexity index is 1220. The molecule has 7 nitrogen and oxygen atoms in total. The van der Waals surface area contributed by atoms with Crippen molar-refractivity contribution in [2.24, 2.45) is 0 Å². The molecule has 0 spiro atoms. The van der Waals surface area contributed by atoms with Crippen molar-refractivity contribution in [3.63, 3.8) is 0 Å². The average molecular weight is 453 g/mol. The molecule has 1 saturated heterocycles. The smallest absolute Gasteiger partial charge is 0.323 e. The molecule has 1 aliphatic heterocycles. The minimum atomic E-state index is -1.13. The van der Waals surface area contributed by atoms with Crippen LogP contribution < -0.4 is 15.5 Å². The van der Waals surface area contributed by atoms with Crippen LogP contribution in [0.4, 0.5) is 20.6 Å². The highest BCUT2D eigenvalue weighted by atomic mass is 35.5. The minimum absolute atomic E-state index is 0.0856. The lowest BCUT2D eigenvalue weighted by molar-refractivity contribution is -0.121. The second kappa shape index (κ2) is 8.39. The van der Waals surface area contributed by atoms with Gasteiger partial charge in [-0.15, -0.1) is 0 Å². The molecule has 32 heavy (non-hydrogen) atoms. The topological polar surface area (TPSA) is 91.4 Å².